The zero-order valence-corrected chi connectivity index (χ0v) is 26.9. The molecule has 10 heteroatoms. The van der Waals surface area contributed by atoms with Crippen molar-refractivity contribution in [2.24, 2.45) is 0 Å². The van der Waals surface area contributed by atoms with Crippen molar-refractivity contribution in [2.45, 2.75) is 33.0 Å². The minimum absolute atomic E-state index is 0.0422. The van der Waals surface area contributed by atoms with Gasteiger partial charge >= 0.3 is 0 Å². The lowest BCUT2D eigenvalue weighted by molar-refractivity contribution is -0.130. The standard InChI is InChI=1S/C35H40N4O5S/c1-26(40)38-17-19-39(20-18-38)35(41)31-25-45-34(36-31)23-37(16-15-27-11-14-32(42-2)33(21-27)43-3)22-28-9-12-30(13-10-28)44-24-29-7-5-4-6-8-29/h4-14,21,25H,15-20,22-24H2,1-3H3. The van der Waals surface area contributed by atoms with Crippen LogP contribution in [-0.2, 0) is 30.9 Å². The number of carbonyl (C=O) groups is 2. The molecule has 0 N–H and O–H groups in total. The summed E-state index contributed by atoms with van der Waals surface area (Å²) in [6, 6.07) is 24.4. The van der Waals surface area contributed by atoms with E-state index in [4.69, 9.17) is 19.2 Å². The van der Waals surface area contributed by atoms with Crippen LogP contribution in [0.3, 0.4) is 0 Å². The average molecular weight is 629 g/mol. The number of aromatic nitrogens is 1. The van der Waals surface area contributed by atoms with E-state index in [0.717, 1.165) is 40.4 Å². The molecule has 2 amide bonds. The second-order valence-corrected chi connectivity index (χ2v) is 11.9. The molecule has 4 aromatic rings. The summed E-state index contributed by atoms with van der Waals surface area (Å²) < 4.78 is 16.9. The molecule has 236 valence electrons. The number of amides is 2. The van der Waals surface area contributed by atoms with Crippen LogP contribution in [-0.4, -0.2) is 78.4 Å². The van der Waals surface area contributed by atoms with Crippen molar-refractivity contribution >= 4 is 23.2 Å². The van der Waals surface area contributed by atoms with Gasteiger partial charge in [-0.25, -0.2) is 4.98 Å². The third-order valence-electron chi connectivity index (χ3n) is 7.88. The molecule has 1 aliphatic rings. The topological polar surface area (TPSA) is 84.4 Å². The lowest BCUT2D eigenvalue weighted by Gasteiger charge is -2.33. The van der Waals surface area contributed by atoms with Crippen LogP contribution in [0.25, 0.3) is 0 Å². The summed E-state index contributed by atoms with van der Waals surface area (Å²) in [5, 5.41) is 2.73. The predicted octanol–water partition coefficient (Wildman–Crippen LogP) is 5.29. The smallest absolute Gasteiger partial charge is 0.273 e. The number of hydrogen-bond donors (Lipinski definition) is 0. The van der Waals surface area contributed by atoms with Crippen LogP contribution in [0.4, 0.5) is 0 Å². The predicted molar refractivity (Wildman–Crippen MR) is 175 cm³/mol. The maximum absolute atomic E-state index is 13.2. The first kappa shape index (κ1) is 32.0. The third kappa shape index (κ3) is 8.83. The van der Waals surface area contributed by atoms with E-state index in [0.29, 0.717) is 63.1 Å². The Kier molecular flexibility index (Phi) is 11.1. The Hall–Kier alpha value is -4.41. The van der Waals surface area contributed by atoms with Crippen LogP contribution >= 0.6 is 11.3 Å². The lowest BCUT2D eigenvalue weighted by Crippen LogP contribution is -2.50. The first-order chi connectivity index (χ1) is 21.9. The van der Waals surface area contributed by atoms with Gasteiger partial charge in [0.1, 0.15) is 23.1 Å². The first-order valence-corrected chi connectivity index (χ1v) is 16.0. The number of ether oxygens (including phenoxy) is 3. The van der Waals surface area contributed by atoms with Gasteiger partial charge in [-0.15, -0.1) is 11.3 Å². The summed E-state index contributed by atoms with van der Waals surface area (Å²) in [4.78, 5) is 35.5. The number of nitrogens with zero attached hydrogens (tertiary/aromatic N) is 4. The summed E-state index contributed by atoms with van der Waals surface area (Å²) in [6.07, 6.45) is 0.802. The second-order valence-electron chi connectivity index (χ2n) is 11.0. The molecule has 0 unspecified atom stereocenters. The molecule has 45 heavy (non-hydrogen) atoms. The van der Waals surface area contributed by atoms with Crippen LogP contribution in [0, 0.1) is 0 Å². The van der Waals surface area contributed by atoms with Crippen molar-refractivity contribution in [3.63, 3.8) is 0 Å². The number of hydrogen-bond acceptors (Lipinski definition) is 8. The molecular formula is C35H40N4O5S. The van der Waals surface area contributed by atoms with Crippen molar-refractivity contribution in [1.82, 2.24) is 19.7 Å². The minimum Gasteiger partial charge on any atom is -0.493 e. The zero-order valence-electron chi connectivity index (χ0n) is 26.1. The molecule has 2 heterocycles. The van der Waals surface area contributed by atoms with Gasteiger partial charge in [0.2, 0.25) is 5.91 Å². The van der Waals surface area contributed by atoms with Crippen LogP contribution in [0.1, 0.15) is 39.1 Å². The van der Waals surface area contributed by atoms with Crippen molar-refractivity contribution in [2.75, 3.05) is 46.9 Å². The van der Waals surface area contributed by atoms with E-state index in [1.165, 1.54) is 11.3 Å². The van der Waals surface area contributed by atoms with Gasteiger partial charge in [0, 0.05) is 51.6 Å². The minimum atomic E-state index is -0.0799. The molecule has 5 rings (SSSR count). The SMILES string of the molecule is COc1ccc(CCN(Cc2ccc(OCc3ccccc3)cc2)Cc2nc(C(=O)N3CCN(C(C)=O)CC3)cs2)cc1OC. The molecule has 3 aromatic carbocycles. The maximum atomic E-state index is 13.2. The highest BCUT2D eigenvalue weighted by Gasteiger charge is 2.25. The first-order valence-electron chi connectivity index (χ1n) is 15.1. The van der Waals surface area contributed by atoms with Gasteiger partial charge in [0.15, 0.2) is 11.5 Å². The molecule has 9 nitrogen and oxygen atoms in total. The fraction of sp³-hybridized carbons (Fsp3) is 0.343. The molecule has 1 aromatic heterocycles. The van der Waals surface area contributed by atoms with Crippen LogP contribution in [0.15, 0.2) is 78.2 Å². The number of rotatable bonds is 13. The van der Waals surface area contributed by atoms with Crippen molar-refractivity contribution in [1.29, 1.82) is 0 Å². The maximum Gasteiger partial charge on any atom is 0.273 e. The number of carbonyl (C=O) groups excluding carboxylic acids is 2. The van der Waals surface area contributed by atoms with E-state index in [2.05, 4.69) is 35.2 Å². The van der Waals surface area contributed by atoms with Gasteiger partial charge in [0.25, 0.3) is 5.91 Å². The number of methoxy groups -OCH3 is 2. The molecule has 0 atom stereocenters. The fourth-order valence-corrected chi connectivity index (χ4v) is 6.10. The van der Waals surface area contributed by atoms with Gasteiger partial charge in [-0.2, -0.15) is 0 Å². The molecule has 1 saturated heterocycles. The second kappa shape index (κ2) is 15.5. The Labute approximate surface area is 269 Å². The van der Waals surface area contributed by atoms with Crippen molar-refractivity contribution < 1.29 is 23.8 Å². The summed E-state index contributed by atoms with van der Waals surface area (Å²) in [5.41, 5.74) is 3.89. The highest BCUT2D eigenvalue weighted by atomic mass is 32.1. The van der Waals surface area contributed by atoms with E-state index in [-0.39, 0.29) is 11.8 Å². The number of piperazine rings is 1. The van der Waals surface area contributed by atoms with Gasteiger partial charge in [-0.1, -0.05) is 48.5 Å². The van der Waals surface area contributed by atoms with E-state index in [1.54, 1.807) is 30.9 Å². The fourth-order valence-electron chi connectivity index (χ4n) is 5.29. The molecule has 0 saturated carbocycles. The van der Waals surface area contributed by atoms with Gasteiger partial charge in [0.05, 0.1) is 20.8 Å². The Morgan fingerprint density at radius 2 is 1.51 bits per heavy atom. The highest BCUT2D eigenvalue weighted by Crippen LogP contribution is 2.28. The molecule has 1 aliphatic heterocycles. The van der Waals surface area contributed by atoms with Crippen LogP contribution in [0.2, 0.25) is 0 Å². The van der Waals surface area contributed by atoms with Gasteiger partial charge in [-0.3, -0.25) is 14.5 Å². The lowest BCUT2D eigenvalue weighted by atomic mass is 10.1. The van der Waals surface area contributed by atoms with Crippen LogP contribution in [0.5, 0.6) is 17.2 Å². The van der Waals surface area contributed by atoms with E-state index in [1.807, 2.05) is 47.8 Å². The Balaban J connectivity index is 1.25. The summed E-state index contributed by atoms with van der Waals surface area (Å²) in [5.74, 6) is 2.20. The monoisotopic (exact) mass is 628 g/mol. The quantitative estimate of drug-likeness (QED) is 0.199. The zero-order chi connectivity index (χ0) is 31.6. The normalized spacial score (nSPS) is 13.2. The largest absolute Gasteiger partial charge is 0.493 e. The highest BCUT2D eigenvalue weighted by molar-refractivity contribution is 7.09. The van der Waals surface area contributed by atoms with Crippen LogP contribution < -0.4 is 14.2 Å². The van der Waals surface area contributed by atoms with Crippen molar-refractivity contribution in [3.8, 4) is 17.2 Å². The summed E-state index contributed by atoms with van der Waals surface area (Å²) in [6.45, 7) is 6.33. The Morgan fingerprint density at radius 3 is 2.20 bits per heavy atom. The van der Waals surface area contributed by atoms with Gasteiger partial charge < -0.3 is 24.0 Å². The summed E-state index contributed by atoms with van der Waals surface area (Å²) in [7, 11) is 3.28. The molecule has 1 fully saturated rings. The molecule has 0 spiro atoms. The molecule has 0 radical (unpaired) electrons. The Bertz CT molecular complexity index is 1550. The average Bonchev–Trinajstić information content (AvgIpc) is 3.55. The molecule has 0 bridgehead atoms. The van der Waals surface area contributed by atoms with E-state index < -0.39 is 0 Å². The van der Waals surface area contributed by atoms with Crippen molar-refractivity contribution in [3.05, 3.63) is 106 Å². The van der Waals surface area contributed by atoms with E-state index >= 15 is 0 Å². The third-order valence-corrected chi connectivity index (χ3v) is 8.72. The number of thiazole rings is 1. The molecule has 0 aliphatic carbocycles. The van der Waals surface area contributed by atoms with Gasteiger partial charge in [-0.05, 0) is 47.4 Å². The Morgan fingerprint density at radius 1 is 0.822 bits per heavy atom. The molecular weight excluding hydrogens is 588 g/mol. The van der Waals surface area contributed by atoms with E-state index in [9.17, 15) is 9.59 Å². The summed E-state index contributed by atoms with van der Waals surface area (Å²) >= 11 is 1.50. The number of benzene rings is 3.